The van der Waals surface area contributed by atoms with E-state index in [1.165, 1.54) is 0 Å². The molecule has 0 aliphatic carbocycles. The molecule has 50 valence electrons. The topological polar surface area (TPSA) is 41.5 Å². The van der Waals surface area contributed by atoms with E-state index in [-0.39, 0.29) is 29.6 Å². The molecule has 0 aliphatic rings. The van der Waals surface area contributed by atoms with E-state index in [1.807, 2.05) is 0 Å². The fourth-order valence-electron chi connectivity index (χ4n) is 0.248. The molecule has 0 aromatic heterocycles. The number of hydrogen-bond donors (Lipinski definition) is 0. The third-order valence-electron chi connectivity index (χ3n) is 0.469. The summed E-state index contributed by atoms with van der Waals surface area (Å²) in [7, 11) is -1.83. The first kappa shape index (κ1) is 12.9. The van der Waals surface area contributed by atoms with Gasteiger partial charge in [0, 0.05) is 13.2 Å². The Labute approximate surface area is 79.0 Å². The van der Waals surface area contributed by atoms with E-state index >= 15 is 0 Å². The molecule has 0 aromatic rings. The maximum Gasteiger partial charge on any atom is 1.00 e. The summed E-state index contributed by atoms with van der Waals surface area (Å²) in [6, 6.07) is 0. The van der Waals surface area contributed by atoms with Crippen molar-refractivity contribution >= 4 is 8.60 Å². The zero-order valence-electron chi connectivity index (χ0n) is 6.09. The molecule has 0 radical (unpaired) electrons. The number of hydrogen-bond acceptors (Lipinski definition) is 3. The van der Waals surface area contributed by atoms with Crippen molar-refractivity contribution in [3.63, 3.8) is 0 Å². The smallest absolute Gasteiger partial charge is 0.786 e. The van der Waals surface area contributed by atoms with Crippen molar-refractivity contribution < 1.29 is 43.5 Å². The van der Waals surface area contributed by atoms with Crippen LogP contribution in [0.15, 0.2) is 0 Å². The SMILES string of the molecule is CCOP([O-])OCC.[Na+]. The number of rotatable bonds is 4. The van der Waals surface area contributed by atoms with E-state index in [0.717, 1.165) is 0 Å². The Hall–Kier alpha value is 1.31. The molecule has 0 N–H and O–H groups in total. The molecule has 0 rings (SSSR count). The average molecular weight is 160 g/mol. The molecule has 0 spiro atoms. The van der Waals surface area contributed by atoms with Gasteiger partial charge in [-0.15, -0.1) is 0 Å². The molecule has 3 nitrogen and oxygen atoms in total. The summed E-state index contributed by atoms with van der Waals surface area (Å²) in [4.78, 5) is 10.3. The summed E-state index contributed by atoms with van der Waals surface area (Å²) in [5, 5.41) is 0. The Morgan fingerprint density at radius 2 is 1.56 bits per heavy atom. The molecular formula is C4H10NaO3P. The summed E-state index contributed by atoms with van der Waals surface area (Å²) in [6.07, 6.45) is 0. The summed E-state index contributed by atoms with van der Waals surface area (Å²) in [5.74, 6) is 0. The molecule has 0 saturated heterocycles. The standard InChI is InChI=1S/C4H10O3P.Na/c1-3-6-8(5)7-4-2;/h3-4H2,1-2H3;/q-1;+1. The quantitative estimate of drug-likeness (QED) is 0.341. The van der Waals surface area contributed by atoms with E-state index in [9.17, 15) is 4.89 Å². The monoisotopic (exact) mass is 160 g/mol. The Morgan fingerprint density at radius 1 is 1.22 bits per heavy atom. The second-order valence-electron chi connectivity index (χ2n) is 1.06. The summed E-state index contributed by atoms with van der Waals surface area (Å²) >= 11 is 0. The van der Waals surface area contributed by atoms with Crippen molar-refractivity contribution in [1.29, 1.82) is 0 Å². The van der Waals surface area contributed by atoms with Gasteiger partial charge in [0.2, 0.25) is 0 Å². The Balaban J connectivity index is 0. The van der Waals surface area contributed by atoms with Gasteiger partial charge in [-0.2, -0.15) is 0 Å². The van der Waals surface area contributed by atoms with Crippen molar-refractivity contribution in [2.24, 2.45) is 0 Å². The van der Waals surface area contributed by atoms with Gasteiger partial charge in [-0.05, 0) is 13.8 Å². The maximum atomic E-state index is 10.3. The van der Waals surface area contributed by atoms with E-state index in [4.69, 9.17) is 0 Å². The largest absolute Gasteiger partial charge is 1.00 e. The van der Waals surface area contributed by atoms with Crippen molar-refractivity contribution in [3.8, 4) is 0 Å². The molecule has 0 fully saturated rings. The fraction of sp³-hybridized carbons (Fsp3) is 1.00. The van der Waals surface area contributed by atoms with Crippen LogP contribution in [0.4, 0.5) is 0 Å². The van der Waals surface area contributed by atoms with Crippen molar-refractivity contribution in [3.05, 3.63) is 0 Å². The Bertz CT molecular complexity index is 49.1. The van der Waals surface area contributed by atoms with Gasteiger partial charge in [-0.1, -0.05) is 0 Å². The third-order valence-corrected chi connectivity index (χ3v) is 1.41. The van der Waals surface area contributed by atoms with Crippen LogP contribution in [0, 0.1) is 0 Å². The van der Waals surface area contributed by atoms with Gasteiger partial charge in [0.1, 0.15) is 0 Å². The minimum atomic E-state index is -1.83. The van der Waals surface area contributed by atoms with Crippen LogP contribution in [0.2, 0.25) is 0 Å². The van der Waals surface area contributed by atoms with Crippen LogP contribution in [0.1, 0.15) is 13.8 Å². The average Bonchev–Trinajstić information content (AvgIpc) is 1.68. The Morgan fingerprint density at radius 3 is 1.78 bits per heavy atom. The van der Waals surface area contributed by atoms with Gasteiger partial charge in [0.15, 0.2) is 0 Å². The first-order valence-corrected chi connectivity index (χ1v) is 3.63. The van der Waals surface area contributed by atoms with Crippen molar-refractivity contribution in [2.45, 2.75) is 13.8 Å². The molecule has 0 unspecified atom stereocenters. The molecule has 0 bridgehead atoms. The zero-order valence-corrected chi connectivity index (χ0v) is 8.98. The summed E-state index contributed by atoms with van der Waals surface area (Å²) in [5.41, 5.74) is 0. The molecule has 0 amide bonds. The predicted molar refractivity (Wildman–Crippen MR) is 30.2 cm³/mol. The van der Waals surface area contributed by atoms with Gasteiger partial charge in [0.05, 0.1) is 8.60 Å². The van der Waals surface area contributed by atoms with Crippen LogP contribution in [0.25, 0.3) is 0 Å². The Kier molecular flexibility index (Phi) is 13.4. The predicted octanol–water partition coefficient (Wildman–Crippen LogP) is -2.35. The van der Waals surface area contributed by atoms with Crippen molar-refractivity contribution in [2.75, 3.05) is 13.2 Å². The van der Waals surface area contributed by atoms with E-state index in [0.29, 0.717) is 13.2 Å². The van der Waals surface area contributed by atoms with Crippen LogP contribution in [0.5, 0.6) is 0 Å². The molecule has 0 aliphatic heterocycles. The second-order valence-corrected chi connectivity index (χ2v) is 2.02. The fourth-order valence-corrected chi connectivity index (χ4v) is 0.744. The van der Waals surface area contributed by atoms with E-state index in [1.54, 1.807) is 13.8 Å². The van der Waals surface area contributed by atoms with Crippen LogP contribution < -0.4 is 34.5 Å². The van der Waals surface area contributed by atoms with Gasteiger partial charge in [-0.25, -0.2) is 0 Å². The van der Waals surface area contributed by atoms with Crippen molar-refractivity contribution in [1.82, 2.24) is 0 Å². The van der Waals surface area contributed by atoms with Crippen LogP contribution in [-0.2, 0) is 9.05 Å². The molecule has 0 heterocycles. The second kappa shape index (κ2) is 9.31. The van der Waals surface area contributed by atoms with Crippen LogP contribution in [0.3, 0.4) is 0 Å². The molecule has 0 aromatic carbocycles. The minimum Gasteiger partial charge on any atom is -0.786 e. The molecule has 0 saturated carbocycles. The third kappa shape index (κ3) is 9.31. The molecule has 0 atom stereocenters. The maximum absolute atomic E-state index is 10.3. The molecule has 5 heteroatoms. The van der Waals surface area contributed by atoms with Crippen LogP contribution in [-0.4, -0.2) is 13.2 Å². The van der Waals surface area contributed by atoms with E-state index < -0.39 is 8.60 Å². The molecule has 9 heavy (non-hydrogen) atoms. The summed E-state index contributed by atoms with van der Waals surface area (Å²) < 4.78 is 9.14. The molecular weight excluding hydrogens is 150 g/mol. The van der Waals surface area contributed by atoms with Gasteiger partial charge in [-0.3, -0.25) is 0 Å². The van der Waals surface area contributed by atoms with Gasteiger partial charge < -0.3 is 13.9 Å². The minimum absolute atomic E-state index is 0. The van der Waals surface area contributed by atoms with Crippen LogP contribution >= 0.6 is 8.60 Å². The zero-order chi connectivity index (χ0) is 6.41. The van der Waals surface area contributed by atoms with Gasteiger partial charge in [0.25, 0.3) is 0 Å². The van der Waals surface area contributed by atoms with Gasteiger partial charge >= 0.3 is 29.6 Å². The first-order chi connectivity index (χ1) is 3.81. The summed E-state index contributed by atoms with van der Waals surface area (Å²) in [6.45, 7) is 4.42. The van der Waals surface area contributed by atoms with E-state index in [2.05, 4.69) is 9.05 Å². The normalized spacial score (nSPS) is 9.33. The first-order valence-electron chi connectivity index (χ1n) is 2.54.